The highest BCUT2D eigenvalue weighted by Crippen LogP contribution is 2.37. The van der Waals surface area contributed by atoms with Gasteiger partial charge in [0, 0.05) is 39.3 Å². The maximum atomic E-state index is 13.2. The number of hydrogen-bond acceptors (Lipinski definition) is 7. The van der Waals surface area contributed by atoms with E-state index >= 15 is 0 Å². The summed E-state index contributed by atoms with van der Waals surface area (Å²) in [6, 6.07) is 0.355. The summed E-state index contributed by atoms with van der Waals surface area (Å²) in [6.07, 6.45) is 7.71. The van der Waals surface area contributed by atoms with E-state index in [9.17, 15) is 4.79 Å². The SMILES string of the molecule is COCCn1nnnc1C1(N2CCOCC2)CCCN(C(=O)NC2CCCCC2)C1. The first-order valence-electron chi connectivity index (χ1n) is 11.4. The van der Waals surface area contributed by atoms with Gasteiger partial charge < -0.3 is 19.7 Å². The van der Waals surface area contributed by atoms with Crippen LogP contribution in [0.4, 0.5) is 4.79 Å². The Kier molecular flexibility index (Phi) is 7.16. The first-order valence-corrected chi connectivity index (χ1v) is 11.4. The molecule has 10 nitrogen and oxygen atoms in total. The molecule has 4 rings (SSSR count). The molecule has 2 amide bonds. The lowest BCUT2D eigenvalue weighted by atomic mass is 9.85. The van der Waals surface area contributed by atoms with E-state index in [4.69, 9.17) is 9.47 Å². The van der Waals surface area contributed by atoms with Crippen LogP contribution >= 0.6 is 0 Å². The standard InChI is InChI=1S/C20H35N7O3/c1-29-13-12-27-18(22-23-24-27)20(26-10-14-30-15-11-26)8-5-9-25(16-20)19(28)21-17-6-3-2-4-7-17/h17H,2-16H2,1H3,(H,21,28). The smallest absolute Gasteiger partial charge is 0.317 e. The molecule has 2 aliphatic heterocycles. The van der Waals surface area contributed by atoms with Gasteiger partial charge in [0.25, 0.3) is 0 Å². The average molecular weight is 422 g/mol. The fraction of sp³-hybridized carbons (Fsp3) is 0.900. The van der Waals surface area contributed by atoms with Gasteiger partial charge in [-0.2, -0.15) is 0 Å². The summed E-state index contributed by atoms with van der Waals surface area (Å²) in [5.74, 6) is 0.830. The molecule has 1 unspecified atom stereocenters. The van der Waals surface area contributed by atoms with Gasteiger partial charge in [-0.15, -0.1) is 5.10 Å². The Morgan fingerprint density at radius 1 is 1.20 bits per heavy atom. The number of rotatable bonds is 6. The number of aromatic nitrogens is 4. The summed E-state index contributed by atoms with van der Waals surface area (Å²) in [5, 5.41) is 16.0. The second-order valence-corrected chi connectivity index (χ2v) is 8.66. The van der Waals surface area contributed by atoms with E-state index in [-0.39, 0.29) is 6.03 Å². The van der Waals surface area contributed by atoms with E-state index in [1.807, 2.05) is 9.58 Å². The van der Waals surface area contributed by atoms with Crippen LogP contribution in [0.3, 0.4) is 0 Å². The highest BCUT2D eigenvalue weighted by molar-refractivity contribution is 5.74. The number of ether oxygens (including phenoxy) is 2. The van der Waals surface area contributed by atoms with Crippen LogP contribution in [0.5, 0.6) is 0 Å². The number of nitrogens with one attached hydrogen (secondary N) is 1. The molecule has 0 bridgehead atoms. The number of tetrazole rings is 1. The van der Waals surface area contributed by atoms with Crippen molar-refractivity contribution in [3.8, 4) is 0 Å². The van der Waals surface area contributed by atoms with Crippen molar-refractivity contribution in [2.24, 2.45) is 0 Å². The zero-order valence-electron chi connectivity index (χ0n) is 18.1. The first-order chi connectivity index (χ1) is 14.7. The van der Waals surface area contributed by atoms with Gasteiger partial charge in [-0.3, -0.25) is 4.90 Å². The van der Waals surface area contributed by atoms with E-state index in [2.05, 4.69) is 25.7 Å². The Balaban J connectivity index is 1.56. The van der Waals surface area contributed by atoms with Gasteiger partial charge >= 0.3 is 6.03 Å². The minimum Gasteiger partial charge on any atom is -0.383 e. The minimum atomic E-state index is -0.400. The Bertz CT molecular complexity index is 688. The maximum absolute atomic E-state index is 13.2. The van der Waals surface area contributed by atoms with Gasteiger partial charge in [-0.05, 0) is 36.1 Å². The molecule has 0 aromatic carbocycles. The molecule has 30 heavy (non-hydrogen) atoms. The van der Waals surface area contributed by atoms with Crippen molar-refractivity contribution >= 4 is 6.03 Å². The van der Waals surface area contributed by atoms with Crippen molar-refractivity contribution in [3.05, 3.63) is 5.82 Å². The monoisotopic (exact) mass is 421 g/mol. The van der Waals surface area contributed by atoms with E-state index in [0.29, 0.717) is 39.0 Å². The van der Waals surface area contributed by atoms with Crippen molar-refractivity contribution < 1.29 is 14.3 Å². The van der Waals surface area contributed by atoms with Gasteiger partial charge in [-0.1, -0.05) is 19.3 Å². The molecule has 1 aromatic rings. The number of piperidine rings is 1. The predicted octanol–water partition coefficient (Wildman–Crippen LogP) is 0.985. The third kappa shape index (κ3) is 4.60. The summed E-state index contributed by atoms with van der Waals surface area (Å²) in [7, 11) is 1.68. The highest BCUT2D eigenvalue weighted by Gasteiger charge is 2.47. The maximum Gasteiger partial charge on any atom is 0.317 e. The molecule has 10 heteroatoms. The number of methoxy groups -OCH3 is 1. The number of urea groups is 1. The molecule has 0 radical (unpaired) electrons. The van der Waals surface area contributed by atoms with Gasteiger partial charge in [0.15, 0.2) is 5.82 Å². The predicted molar refractivity (Wildman–Crippen MR) is 110 cm³/mol. The number of carbonyl (C=O) groups is 1. The normalized spacial score (nSPS) is 26.6. The van der Waals surface area contributed by atoms with Crippen molar-refractivity contribution in [2.75, 3.05) is 53.1 Å². The zero-order chi connectivity index (χ0) is 20.8. The lowest BCUT2D eigenvalue weighted by Crippen LogP contribution is -2.62. The molecule has 3 aliphatic rings. The van der Waals surface area contributed by atoms with Crippen LogP contribution in [-0.2, 0) is 21.6 Å². The Morgan fingerprint density at radius 2 is 2.00 bits per heavy atom. The molecular weight excluding hydrogens is 386 g/mol. The second-order valence-electron chi connectivity index (χ2n) is 8.66. The molecule has 1 aromatic heterocycles. The van der Waals surface area contributed by atoms with Crippen LogP contribution < -0.4 is 5.32 Å². The van der Waals surface area contributed by atoms with E-state index in [1.54, 1.807) is 7.11 Å². The van der Waals surface area contributed by atoms with Crippen molar-refractivity contribution in [3.63, 3.8) is 0 Å². The molecule has 1 aliphatic carbocycles. The third-order valence-corrected chi connectivity index (χ3v) is 6.76. The molecule has 0 spiro atoms. The molecule has 2 saturated heterocycles. The fourth-order valence-electron chi connectivity index (χ4n) is 5.16. The average Bonchev–Trinajstić information content (AvgIpc) is 3.28. The van der Waals surface area contributed by atoms with Gasteiger partial charge in [0.2, 0.25) is 0 Å². The molecule has 1 saturated carbocycles. The summed E-state index contributed by atoms with van der Waals surface area (Å²) < 4.78 is 12.7. The molecule has 168 valence electrons. The number of amides is 2. The van der Waals surface area contributed by atoms with Crippen molar-refractivity contribution in [2.45, 2.75) is 63.1 Å². The summed E-state index contributed by atoms with van der Waals surface area (Å²) >= 11 is 0. The lowest BCUT2D eigenvalue weighted by molar-refractivity contribution is -0.0555. The Labute approximate surface area is 178 Å². The Hall–Kier alpha value is -1.78. The molecule has 3 fully saturated rings. The summed E-state index contributed by atoms with van der Waals surface area (Å²) in [5.41, 5.74) is -0.400. The number of morpholine rings is 1. The van der Waals surface area contributed by atoms with Crippen LogP contribution in [0, 0.1) is 0 Å². The van der Waals surface area contributed by atoms with Crippen molar-refractivity contribution in [1.29, 1.82) is 0 Å². The van der Waals surface area contributed by atoms with E-state index in [0.717, 1.165) is 51.1 Å². The van der Waals surface area contributed by atoms with Crippen LogP contribution in [0.25, 0.3) is 0 Å². The zero-order valence-corrected chi connectivity index (χ0v) is 18.1. The van der Waals surface area contributed by atoms with E-state index in [1.165, 1.54) is 19.3 Å². The number of nitrogens with zero attached hydrogens (tertiary/aromatic N) is 6. The van der Waals surface area contributed by atoms with Crippen LogP contribution in [0.1, 0.15) is 50.8 Å². The second kappa shape index (κ2) is 10.0. The number of hydrogen-bond donors (Lipinski definition) is 1. The third-order valence-electron chi connectivity index (χ3n) is 6.76. The van der Waals surface area contributed by atoms with E-state index < -0.39 is 5.54 Å². The van der Waals surface area contributed by atoms with Gasteiger partial charge in [0.05, 0.1) is 26.4 Å². The fourth-order valence-corrected chi connectivity index (χ4v) is 5.16. The molecule has 1 atom stereocenters. The van der Waals surface area contributed by atoms with Gasteiger partial charge in [0.1, 0.15) is 5.54 Å². The summed E-state index contributed by atoms with van der Waals surface area (Å²) in [4.78, 5) is 17.6. The number of carbonyl (C=O) groups excluding carboxylic acids is 1. The Morgan fingerprint density at radius 3 is 2.77 bits per heavy atom. The van der Waals surface area contributed by atoms with Crippen LogP contribution in [0.2, 0.25) is 0 Å². The molecule has 1 N–H and O–H groups in total. The van der Waals surface area contributed by atoms with Crippen molar-refractivity contribution in [1.82, 2.24) is 35.3 Å². The van der Waals surface area contributed by atoms with Crippen LogP contribution in [-0.4, -0.2) is 95.2 Å². The van der Waals surface area contributed by atoms with Crippen LogP contribution in [0.15, 0.2) is 0 Å². The molecule has 3 heterocycles. The lowest BCUT2D eigenvalue weighted by Gasteiger charge is -2.49. The quantitative estimate of drug-likeness (QED) is 0.731. The summed E-state index contributed by atoms with van der Waals surface area (Å²) in [6.45, 7) is 5.52. The topological polar surface area (TPSA) is 97.6 Å². The molecular formula is C20H35N7O3. The highest BCUT2D eigenvalue weighted by atomic mass is 16.5. The largest absolute Gasteiger partial charge is 0.383 e. The van der Waals surface area contributed by atoms with Gasteiger partial charge in [-0.25, -0.2) is 9.48 Å². The number of likely N-dealkylation sites (tertiary alicyclic amines) is 1. The minimum absolute atomic E-state index is 0.0511. The first kappa shape index (κ1) is 21.5.